The van der Waals surface area contributed by atoms with Gasteiger partial charge in [-0.1, -0.05) is 57.0 Å². The number of hydrogen-bond donors (Lipinski definition) is 2. The van der Waals surface area contributed by atoms with E-state index in [9.17, 15) is 14.2 Å². The van der Waals surface area contributed by atoms with Gasteiger partial charge in [-0.2, -0.15) is 0 Å². The van der Waals surface area contributed by atoms with Crippen LogP contribution in [0.3, 0.4) is 0 Å². The van der Waals surface area contributed by atoms with E-state index < -0.39 is 14.2 Å². The van der Waals surface area contributed by atoms with Gasteiger partial charge in [-0.05, 0) is 30.7 Å². The van der Waals surface area contributed by atoms with Crippen molar-refractivity contribution in [1.29, 1.82) is 0 Å². The van der Waals surface area contributed by atoms with Crippen molar-refractivity contribution in [2.75, 3.05) is 20.3 Å². The summed E-state index contributed by atoms with van der Waals surface area (Å²) in [5.74, 6) is -0.754. The van der Waals surface area contributed by atoms with Gasteiger partial charge in [0.25, 0.3) is 8.18 Å². The number of methoxy groups -OCH3 is 1. The molecule has 0 aliphatic carbocycles. The van der Waals surface area contributed by atoms with Gasteiger partial charge in [0.2, 0.25) is 5.91 Å². The highest BCUT2D eigenvalue weighted by Crippen LogP contribution is 2.21. The van der Waals surface area contributed by atoms with Crippen LogP contribution in [0.15, 0.2) is 30.3 Å². The Morgan fingerprint density at radius 3 is 2.41 bits per heavy atom. The van der Waals surface area contributed by atoms with E-state index in [0.717, 1.165) is 32.1 Å². The van der Waals surface area contributed by atoms with Gasteiger partial charge < -0.3 is 14.6 Å². The second-order valence-electron chi connectivity index (χ2n) is 7.27. The lowest BCUT2D eigenvalue weighted by molar-refractivity contribution is -0.140. The number of rotatable bonds is 15. The average Bonchev–Trinajstić information content (AvgIpc) is 2.71. The molecule has 7 nitrogen and oxygen atoms in total. The lowest BCUT2D eigenvalue weighted by Gasteiger charge is -2.21. The number of carbonyl (C=O) groups excluding carboxylic acids is 2. The van der Waals surface area contributed by atoms with Crippen LogP contribution in [0.25, 0.3) is 0 Å². The number of unbranched alkanes of at least 4 members (excludes halogenated alkanes) is 3. The maximum Gasteiger partial charge on any atom is 0.307 e. The predicted molar refractivity (Wildman–Crippen MR) is 115 cm³/mol. The van der Waals surface area contributed by atoms with Crippen LogP contribution in [0.5, 0.6) is 0 Å². The highest BCUT2D eigenvalue weighted by atomic mass is 31.1. The van der Waals surface area contributed by atoms with Crippen LogP contribution in [-0.4, -0.2) is 38.2 Å². The van der Waals surface area contributed by atoms with Crippen molar-refractivity contribution >= 4 is 20.1 Å². The summed E-state index contributed by atoms with van der Waals surface area (Å²) in [5, 5.41) is 5.45. The molecule has 1 rings (SSSR count). The SMILES string of the molecule is COC(=O)CCNC(=O)[C@@H](N[PH](=O)OCCCCCCc1ccccc1)C(C)C. The van der Waals surface area contributed by atoms with Crippen LogP contribution < -0.4 is 10.4 Å². The van der Waals surface area contributed by atoms with Crippen LogP contribution in [0.2, 0.25) is 0 Å². The molecule has 0 aliphatic heterocycles. The number of esters is 1. The number of nitrogens with one attached hydrogen (secondary N) is 2. The fourth-order valence-electron chi connectivity index (χ4n) is 2.80. The van der Waals surface area contributed by atoms with E-state index in [0.29, 0.717) is 6.61 Å². The third-order valence-electron chi connectivity index (χ3n) is 4.51. The number of aryl methyl sites for hydroxylation is 1. The molecular formula is C21H35N2O5P. The first-order valence-electron chi connectivity index (χ1n) is 10.3. The molecule has 8 heteroatoms. The maximum absolute atomic E-state index is 12.3. The maximum atomic E-state index is 12.3. The van der Waals surface area contributed by atoms with Gasteiger partial charge in [0.1, 0.15) is 0 Å². The van der Waals surface area contributed by atoms with Crippen LogP contribution in [0.4, 0.5) is 0 Å². The van der Waals surface area contributed by atoms with Crippen LogP contribution >= 0.6 is 8.18 Å². The minimum Gasteiger partial charge on any atom is -0.469 e. The Morgan fingerprint density at radius 2 is 1.76 bits per heavy atom. The van der Waals surface area contributed by atoms with Crippen LogP contribution in [-0.2, 0) is 29.8 Å². The molecule has 1 amide bonds. The molecule has 0 saturated heterocycles. The first kappa shape index (κ1) is 25.3. The highest BCUT2D eigenvalue weighted by Gasteiger charge is 2.23. The van der Waals surface area contributed by atoms with Crippen molar-refractivity contribution in [3.05, 3.63) is 35.9 Å². The monoisotopic (exact) mass is 426 g/mol. The third-order valence-corrected chi connectivity index (χ3v) is 5.53. The summed E-state index contributed by atoms with van der Waals surface area (Å²) in [7, 11) is -1.21. The number of hydrogen-bond acceptors (Lipinski definition) is 5. The number of ether oxygens (including phenoxy) is 1. The highest BCUT2D eigenvalue weighted by molar-refractivity contribution is 7.36. The molecule has 0 aliphatic rings. The lowest BCUT2D eigenvalue weighted by Crippen LogP contribution is -2.45. The minimum absolute atomic E-state index is 0.0661. The van der Waals surface area contributed by atoms with Crippen molar-refractivity contribution in [3.63, 3.8) is 0 Å². The first-order chi connectivity index (χ1) is 13.9. The molecule has 1 aromatic carbocycles. The molecule has 0 spiro atoms. The quantitative estimate of drug-likeness (QED) is 0.253. The number of carbonyl (C=O) groups is 2. The van der Waals surface area contributed by atoms with Gasteiger partial charge in [0.05, 0.1) is 26.2 Å². The van der Waals surface area contributed by atoms with E-state index in [4.69, 9.17) is 4.52 Å². The van der Waals surface area contributed by atoms with Gasteiger partial charge in [-0.25, -0.2) is 5.09 Å². The molecule has 2 N–H and O–H groups in total. The van der Waals surface area contributed by atoms with Crippen LogP contribution in [0.1, 0.15) is 51.5 Å². The molecule has 0 bridgehead atoms. The summed E-state index contributed by atoms with van der Waals surface area (Å²) in [6, 6.07) is 9.77. The van der Waals surface area contributed by atoms with Crippen molar-refractivity contribution < 1.29 is 23.4 Å². The summed E-state index contributed by atoms with van der Waals surface area (Å²) in [4.78, 5) is 23.4. The molecule has 0 radical (unpaired) electrons. The average molecular weight is 426 g/mol. The van der Waals surface area contributed by atoms with E-state index in [1.807, 2.05) is 19.9 Å². The molecule has 0 saturated carbocycles. The first-order valence-corrected chi connectivity index (χ1v) is 11.6. The second kappa shape index (κ2) is 15.2. The van der Waals surface area contributed by atoms with Gasteiger partial charge in [-0.3, -0.25) is 14.2 Å². The Kier molecular flexibility index (Phi) is 13.3. The fourth-order valence-corrected chi connectivity index (χ4v) is 3.93. The van der Waals surface area contributed by atoms with Gasteiger partial charge in [0, 0.05) is 6.54 Å². The summed E-state index contributed by atoms with van der Waals surface area (Å²) in [6.45, 7) is 4.31. The zero-order valence-corrected chi connectivity index (χ0v) is 18.7. The zero-order chi connectivity index (χ0) is 21.5. The fraction of sp³-hybridized carbons (Fsp3) is 0.619. The molecule has 0 aromatic heterocycles. The van der Waals surface area contributed by atoms with Crippen LogP contribution in [0, 0.1) is 5.92 Å². The lowest BCUT2D eigenvalue weighted by atomic mass is 10.1. The minimum atomic E-state index is -2.51. The summed E-state index contributed by atoms with van der Waals surface area (Å²) < 4.78 is 22.1. The van der Waals surface area contributed by atoms with E-state index in [1.54, 1.807) is 0 Å². The van der Waals surface area contributed by atoms with E-state index in [-0.39, 0.29) is 30.8 Å². The van der Waals surface area contributed by atoms with E-state index in [1.165, 1.54) is 12.7 Å². The largest absolute Gasteiger partial charge is 0.469 e. The Labute approximate surface area is 174 Å². The molecule has 29 heavy (non-hydrogen) atoms. The second-order valence-corrected chi connectivity index (χ2v) is 8.42. The standard InChI is InChI=1S/C21H35N2O5P/c1-17(2)20(21(25)22-15-14-19(24)27-3)23-29(26)28-16-10-5-4-7-11-18-12-8-6-9-13-18/h6,8-9,12-13,17,20,29H,4-5,7,10-11,14-16H2,1-3H3,(H,22,25)(H,23,26)/t20-/m0/s1. The van der Waals surface area contributed by atoms with E-state index >= 15 is 0 Å². The smallest absolute Gasteiger partial charge is 0.307 e. The van der Waals surface area contributed by atoms with Crippen molar-refractivity contribution in [1.82, 2.24) is 10.4 Å². The molecule has 0 heterocycles. The Balaban J connectivity index is 2.17. The Bertz CT molecular complexity index is 625. The van der Waals surface area contributed by atoms with Crippen molar-refractivity contribution in [3.8, 4) is 0 Å². The third kappa shape index (κ3) is 11.8. The topological polar surface area (TPSA) is 93.7 Å². The van der Waals surface area contributed by atoms with Gasteiger partial charge >= 0.3 is 5.97 Å². The normalized spacial score (nSPS) is 13.1. The molecule has 164 valence electrons. The molecule has 1 aromatic rings. The molecule has 1 unspecified atom stereocenters. The number of amides is 1. The van der Waals surface area contributed by atoms with Crippen molar-refractivity contribution in [2.24, 2.45) is 5.92 Å². The van der Waals surface area contributed by atoms with Gasteiger partial charge in [0.15, 0.2) is 0 Å². The van der Waals surface area contributed by atoms with Gasteiger partial charge in [-0.15, -0.1) is 0 Å². The predicted octanol–water partition coefficient (Wildman–Crippen LogP) is 3.49. The van der Waals surface area contributed by atoms with E-state index in [2.05, 4.69) is 39.4 Å². The Hall–Kier alpha value is -1.69. The molecule has 0 fully saturated rings. The number of benzene rings is 1. The molecular weight excluding hydrogens is 391 g/mol. The summed E-state index contributed by atoms with van der Waals surface area (Å²) >= 11 is 0. The van der Waals surface area contributed by atoms with Crippen molar-refractivity contribution in [2.45, 2.75) is 58.4 Å². The summed E-state index contributed by atoms with van der Waals surface area (Å²) in [5.41, 5.74) is 1.35. The zero-order valence-electron chi connectivity index (χ0n) is 17.7. The summed E-state index contributed by atoms with van der Waals surface area (Å²) in [6.07, 6.45) is 5.25. The Morgan fingerprint density at radius 1 is 1.07 bits per heavy atom. The molecule has 2 atom stereocenters.